The third kappa shape index (κ3) is 8.27. The lowest BCUT2D eigenvalue weighted by Gasteiger charge is -2.29. The van der Waals surface area contributed by atoms with Crippen LogP contribution in [-0.4, -0.2) is 76.0 Å². The molecule has 2 heterocycles. The molecule has 3 N–H and O–H groups in total. The summed E-state index contributed by atoms with van der Waals surface area (Å²) in [5.74, 6) is -2.05. The smallest absolute Gasteiger partial charge is 0.408 e. The Kier molecular flexibility index (Phi) is 11.0. The third-order valence-corrected chi connectivity index (χ3v) is 9.51. The highest BCUT2D eigenvalue weighted by molar-refractivity contribution is 6.00. The van der Waals surface area contributed by atoms with Crippen molar-refractivity contribution in [3.8, 4) is 0 Å². The topological polar surface area (TPSA) is 147 Å². The standard InChI is InChI=1S/C35H48N4O7/c1-23(2)19-29(24-13-7-6-8-14-24)38-46-27-20-30-31(40)37-35(33(42)43)21-25(35)15-9-4-3-5-10-18-28(32(41)39(30)22-27)36-34(44)45-26-16-11-12-17-26/h6-9,13-15,23,25-28,30H,3-5,10-12,16-22H2,1-2H3,(H,36,44)(H,37,40)(H,42,43)/b15-9-,38-29+/t25-,27-,28+,30+,35?/m1/s1. The number of nitrogens with zero attached hydrogens (tertiary/aromatic N) is 2. The maximum absolute atomic E-state index is 14.2. The Balaban J connectivity index is 1.39. The number of nitrogens with one attached hydrogen (secondary N) is 2. The normalized spacial score (nSPS) is 30.0. The monoisotopic (exact) mass is 636 g/mol. The number of aliphatic carboxylic acids is 1. The van der Waals surface area contributed by atoms with E-state index < -0.39 is 47.6 Å². The zero-order valence-electron chi connectivity index (χ0n) is 27.0. The second-order valence-corrected chi connectivity index (χ2v) is 13.6. The summed E-state index contributed by atoms with van der Waals surface area (Å²) < 4.78 is 5.62. The van der Waals surface area contributed by atoms with Crippen LogP contribution >= 0.6 is 0 Å². The van der Waals surface area contributed by atoms with Crippen molar-refractivity contribution in [3.05, 3.63) is 48.0 Å². The highest BCUT2D eigenvalue weighted by atomic mass is 16.6. The second-order valence-electron chi connectivity index (χ2n) is 13.6. The van der Waals surface area contributed by atoms with E-state index in [-0.39, 0.29) is 25.0 Å². The van der Waals surface area contributed by atoms with Gasteiger partial charge in [-0.2, -0.15) is 0 Å². The van der Waals surface area contributed by atoms with Gasteiger partial charge in [-0.15, -0.1) is 0 Å². The van der Waals surface area contributed by atoms with Gasteiger partial charge in [-0.05, 0) is 69.3 Å². The number of fused-ring (bicyclic) bond motifs is 2. The number of benzene rings is 1. The van der Waals surface area contributed by atoms with E-state index in [0.717, 1.165) is 56.2 Å². The zero-order valence-corrected chi connectivity index (χ0v) is 27.0. The maximum atomic E-state index is 14.2. The van der Waals surface area contributed by atoms with Crippen molar-refractivity contribution in [1.29, 1.82) is 0 Å². The molecule has 4 aliphatic rings. The zero-order chi connectivity index (χ0) is 32.7. The Bertz CT molecular complexity index is 1310. The molecule has 5 atom stereocenters. The van der Waals surface area contributed by atoms with Gasteiger partial charge in [-0.1, -0.05) is 74.3 Å². The highest BCUT2D eigenvalue weighted by Gasteiger charge is 2.61. The minimum Gasteiger partial charge on any atom is -0.479 e. The summed E-state index contributed by atoms with van der Waals surface area (Å²) in [6, 6.07) is 7.85. The quantitative estimate of drug-likeness (QED) is 0.208. The molecule has 0 radical (unpaired) electrons. The number of oxime groups is 1. The molecule has 1 aromatic carbocycles. The van der Waals surface area contributed by atoms with Gasteiger partial charge in [0.25, 0.3) is 0 Å². The molecule has 1 unspecified atom stereocenters. The molecule has 1 aromatic rings. The van der Waals surface area contributed by atoms with Crippen LogP contribution in [0.15, 0.2) is 47.6 Å². The Hall–Kier alpha value is -3.89. The molecule has 0 aromatic heterocycles. The van der Waals surface area contributed by atoms with Gasteiger partial charge in [0, 0.05) is 12.3 Å². The average molecular weight is 637 g/mol. The number of carbonyl (C=O) groups excluding carboxylic acids is 3. The third-order valence-electron chi connectivity index (χ3n) is 9.51. The van der Waals surface area contributed by atoms with E-state index in [1.807, 2.05) is 42.5 Å². The van der Waals surface area contributed by atoms with Crippen LogP contribution in [0.4, 0.5) is 4.79 Å². The first-order valence-corrected chi connectivity index (χ1v) is 16.9. The van der Waals surface area contributed by atoms with Gasteiger partial charge < -0.3 is 30.2 Å². The summed E-state index contributed by atoms with van der Waals surface area (Å²) in [7, 11) is 0. The summed E-state index contributed by atoms with van der Waals surface area (Å²) in [6.07, 6.45) is 10.8. The van der Waals surface area contributed by atoms with E-state index in [4.69, 9.17) is 9.57 Å². The summed E-state index contributed by atoms with van der Waals surface area (Å²) in [4.78, 5) is 60.8. The summed E-state index contributed by atoms with van der Waals surface area (Å²) >= 11 is 0. The molecular formula is C35H48N4O7. The molecule has 2 aliphatic carbocycles. The predicted octanol–water partition coefficient (Wildman–Crippen LogP) is 4.94. The van der Waals surface area contributed by atoms with Crippen LogP contribution in [-0.2, 0) is 24.0 Å². The maximum Gasteiger partial charge on any atom is 0.408 e. The highest BCUT2D eigenvalue weighted by Crippen LogP contribution is 2.45. The van der Waals surface area contributed by atoms with E-state index >= 15 is 0 Å². The fourth-order valence-corrected chi connectivity index (χ4v) is 6.83. The molecule has 3 amide bonds. The van der Waals surface area contributed by atoms with Crippen LogP contribution in [0.3, 0.4) is 0 Å². The fraction of sp³-hybridized carbons (Fsp3) is 0.629. The largest absolute Gasteiger partial charge is 0.479 e. The van der Waals surface area contributed by atoms with Crippen molar-refractivity contribution in [2.75, 3.05) is 6.54 Å². The van der Waals surface area contributed by atoms with Gasteiger partial charge in [0.1, 0.15) is 29.8 Å². The molecule has 11 heteroatoms. The Morgan fingerprint density at radius 2 is 1.80 bits per heavy atom. The van der Waals surface area contributed by atoms with E-state index in [1.54, 1.807) is 0 Å². The fourth-order valence-electron chi connectivity index (χ4n) is 6.83. The van der Waals surface area contributed by atoms with Crippen LogP contribution in [0.1, 0.15) is 96.5 Å². The van der Waals surface area contributed by atoms with E-state index in [0.29, 0.717) is 31.6 Å². The summed E-state index contributed by atoms with van der Waals surface area (Å²) in [5.41, 5.74) is 0.293. The Morgan fingerprint density at radius 1 is 1.07 bits per heavy atom. The minimum atomic E-state index is -1.40. The lowest BCUT2D eigenvalue weighted by molar-refractivity contribution is -0.145. The van der Waals surface area contributed by atoms with Crippen molar-refractivity contribution in [3.63, 3.8) is 0 Å². The van der Waals surface area contributed by atoms with E-state index in [1.165, 1.54) is 4.90 Å². The molecular weight excluding hydrogens is 588 g/mol. The van der Waals surface area contributed by atoms with Gasteiger partial charge >= 0.3 is 12.1 Å². The van der Waals surface area contributed by atoms with Crippen molar-refractivity contribution in [1.82, 2.24) is 15.5 Å². The molecule has 0 spiro atoms. The number of hydrogen-bond donors (Lipinski definition) is 3. The summed E-state index contributed by atoms with van der Waals surface area (Å²) in [6.45, 7) is 4.26. The molecule has 3 fully saturated rings. The number of allylic oxidation sites excluding steroid dienone is 1. The number of rotatable bonds is 8. The number of carboxylic acids is 1. The lowest BCUT2D eigenvalue weighted by Crippen LogP contribution is -2.56. The van der Waals surface area contributed by atoms with Gasteiger partial charge in [0.2, 0.25) is 11.8 Å². The molecule has 5 rings (SSSR count). The number of alkyl carbamates (subject to hydrolysis) is 1. The first-order chi connectivity index (χ1) is 22.2. The molecule has 11 nitrogen and oxygen atoms in total. The van der Waals surface area contributed by atoms with Gasteiger partial charge in [0.15, 0.2) is 0 Å². The number of ether oxygens (including phenoxy) is 1. The second kappa shape index (κ2) is 15.1. The average Bonchev–Trinajstić information content (AvgIpc) is 3.32. The van der Waals surface area contributed by atoms with Crippen molar-refractivity contribution in [2.45, 2.75) is 121 Å². The SMILES string of the molecule is CC(C)C/C(=N\O[C@@H]1C[C@H]2C(=O)NC3(C(=O)O)C[C@H]3/C=C\CCCCC[C@H](NC(=O)OC3CCCC3)C(=O)N2C1)c1ccccc1. The van der Waals surface area contributed by atoms with Gasteiger partial charge in [0.05, 0.1) is 12.3 Å². The Morgan fingerprint density at radius 3 is 2.52 bits per heavy atom. The molecule has 1 saturated heterocycles. The number of carboxylic acid groups (broad SMARTS) is 1. The van der Waals surface area contributed by atoms with Crippen LogP contribution in [0.25, 0.3) is 0 Å². The number of amides is 3. The lowest BCUT2D eigenvalue weighted by atomic mass is 10.0. The van der Waals surface area contributed by atoms with Gasteiger partial charge in [-0.3, -0.25) is 9.59 Å². The van der Waals surface area contributed by atoms with Crippen LogP contribution in [0.5, 0.6) is 0 Å². The van der Waals surface area contributed by atoms with Crippen molar-refractivity contribution in [2.24, 2.45) is 17.0 Å². The first-order valence-electron chi connectivity index (χ1n) is 16.9. The number of carbonyl (C=O) groups is 4. The Labute approximate surface area is 271 Å². The van der Waals surface area contributed by atoms with Gasteiger partial charge in [-0.25, -0.2) is 9.59 Å². The molecule has 2 aliphatic heterocycles. The van der Waals surface area contributed by atoms with Crippen LogP contribution < -0.4 is 10.6 Å². The summed E-state index contributed by atoms with van der Waals surface area (Å²) in [5, 5.41) is 20.2. The molecule has 2 saturated carbocycles. The molecule has 0 bridgehead atoms. The predicted molar refractivity (Wildman–Crippen MR) is 172 cm³/mol. The minimum absolute atomic E-state index is 0.0728. The van der Waals surface area contributed by atoms with E-state index in [9.17, 15) is 24.3 Å². The molecule has 46 heavy (non-hydrogen) atoms. The van der Waals surface area contributed by atoms with Crippen LogP contribution in [0, 0.1) is 11.8 Å². The van der Waals surface area contributed by atoms with Crippen LogP contribution in [0.2, 0.25) is 0 Å². The first kappa shape index (κ1) is 33.5. The number of hydrogen-bond acceptors (Lipinski definition) is 7. The van der Waals surface area contributed by atoms with E-state index in [2.05, 4.69) is 29.6 Å². The molecule has 250 valence electrons. The van der Waals surface area contributed by atoms with Crippen molar-refractivity contribution >= 4 is 29.6 Å². The van der Waals surface area contributed by atoms with Crippen molar-refractivity contribution < 1.29 is 33.9 Å².